The number of carbonyl (C=O) groups is 1. The molecule has 106 valence electrons. The van der Waals surface area contributed by atoms with Gasteiger partial charge in [-0.05, 0) is 42.2 Å². The van der Waals surface area contributed by atoms with E-state index in [0.29, 0.717) is 5.56 Å². The van der Waals surface area contributed by atoms with E-state index in [0.717, 1.165) is 39.1 Å². The van der Waals surface area contributed by atoms with Crippen molar-refractivity contribution in [2.24, 2.45) is 0 Å². The van der Waals surface area contributed by atoms with Gasteiger partial charge in [-0.25, -0.2) is 4.79 Å². The molecular weight excluding hydrogens is 254 g/mol. The first-order chi connectivity index (χ1) is 9.78. The summed E-state index contributed by atoms with van der Waals surface area (Å²) in [6, 6.07) is 5.82. The number of hydrogen-bond acceptors (Lipinski definition) is 4. The summed E-state index contributed by atoms with van der Waals surface area (Å²) in [5.41, 5.74) is 4.43. The molecule has 0 atom stereocenters. The van der Waals surface area contributed by atoms with Crippen LogP contribution in [0.1, 0.15) is 22.3 Å². The van der Waals surface area contributed by atoms with E-state index in [1.54, 1.807) is 0 Å². The van der Waals surface area contributed by atoms with Gasteiger partial charge < -0.3 is 14.4 Å². The van der Waals surface area contributed by atoms with Gasteiger partial charge in [-0.3, -0.25) is 0 Å². The number of carbonyl (C=O) groups excluding carboxylic acids is 1. The second-order valence-corrected chi connectivity index (χ2v) is 5.21. The molecule has 0 amide bonds. The molecule has 3 rings (SSSR count). The van der Waals surface area contributed by atoms with E-state index in [1.807, 2.05) is 18.2 Å². The highest BCUT2D eigenvalue weighted by Crippen LogP contribution is 2.30. The fourth-order valence-corrected chi connectivity index (χ4v) is 2.84. The van der Waals surface area contributed by atoms with Crippen molar-refractivity contribution in [3.8, 4) is 0 Å². The Bertz CT molecular complexity index is 551. The molecule has 2 aliphatic heterocycles. The first-order valence-electron chi connectivity index (χ1n) is 7.00. The summed E-state index contributed by atoms with van der Waals surface area (Å²) in [5.74, 6) is -0.269. The summed E-state index contributed by atoms with van der Waals surface area (Å²) < 4.78 is 10.3. The molecule has 0 aliphatic carbocycles. The summed E-state index contributed by atoms with van der Waals surface area (Å²) in [4.78, 5) is 13.9. The van der Waals surface area contributed by atoms with Gasteiger partial charge in [-0.1, -0.05) is 6.08 Å². The van der Waals surface area contributed by atoms with Crippen LogP contribution < -0.4 is 4.90 Å². The maximum absolute atomic E-state index is 11.6. The Morgan fingerprint density at radius 1 is 1.45 bits per heavy atom. The summed E-state index contributed by atoms with van der Waals surface area (Å²) in [5, 5.41) is 0. The molecule has 0 unspecified atom stereocenters. The van der Waals surface area contributed by atoms with E-state index in [9.17, 15) is 4.79 Å². The number of anilines is 1. The lowest BCUT2D eigenvalue weighted by Crippen LogP contribution is -2.26. The molecule has 4 nitrogen and oxygen atoms in total. The van der Waals surface area contributed by atoms with Gasteiger partial charge in [0.05, 0.1) is 25.9 Å². The molecule has 0 bridgehead atoms. The van der Waals surface area contributed by atoms with Crippen LogP contribution in [0.2, 0.25) is 0 Å². The SMILES string of the molecule is COC(=O)c1ccc2c(c1)CCN2CC1=CCCOC1. The quantitative estimate of drug-likeness (QED) is 0.625. The van der Waals surface area contributed by atoms with Gasteiger partial charge in [-0.15, -0.1) is 0 Å². The van der Waals surface area contributed by atoms with Gasteiger partial charge in [0.1, 0.15) is 0 Å². The first-order valence-corrected chi connectivity index (χ1v) is 7.00. The molecule has 20 heavy (non-hydrogen) atoms. The van der Waals surface area contributed by atoms with E-state index in [1.165, 1.54) is 23.9 Å². The van der Waals surface area contributed by atoms with Gasteiger partial charge in [0.15, 0.2) is 0 Å². The average molecular weight is 273 g/mol. The smallest absolute Gasteiger partial charge is 0.337 e. The topological polar surface area (TPSA) is 38.8 Å². The van der Waals surface area contributed by atoms with Crippen molar-refractivity contribution < 1.29 is 14.3 Å². The van der Waals surface area contributed by atoms with E-state index >= 15 is 0 Å². The summed E-state index contributed by atoms with van der Waals surface area (Å²) >= 11 is 0. The highest BCUT2D eigenvalue weighted by atomic mass is 16.5. The Morgan fingerprint density at radius 3 is 3.10 bits per heavy atom. The van der Waals surface area contributed by atoms with Crippen LogP contribution in [0.25, 0.3) is 0 Å². The number of hydrogen-bond donors (Lipinski definition) is 0. The standard InChI is InChI=1S/C16H19NO3/c1-19-16(18)14-4-5-15-13(9-14)6-7-17(15)10-12-3-2-8-20-11-12/h3-5,9H,2,6-8,10-11H2,1H3. The lowest BCUT2D eigenvalue weighted by atomic mass is 10.1. The molecule has 0 saturated carbocycles. The predicted octanol–water partition coefficient (Wildman–Crippen LogP) is 2.18. The van der Waals surface area contributed by atoms with E-state index in [2.05, 4.69) is 11.0 Å². The Kier molecular flexibility index (Phi) is 3.74. The molecule has 0 aromatic heterocycles. The van der Waals surface area contributed by atoms with Crippen molar-refractivity contribution in [3.05, 3.63) is 41.0 Å². The molecule has 0 fully saturated rings. The van der Waals surface area contributed by atoms with Crippen LogP contribution in [0.4, 0.5) is 5.69 Å². The van der Waals surface area contributed by atoms with E-state index in [4.69, 9.17) is 9.47 Å². The van der Waals surface area contributed by atoms with Gasteiger partial charge in [0.25, 0.3) is 0 Å². The Balaban J connectivity index is 1.76. The third-order valence-corrected chi connectivity index (χ3v) is 3.87. The maximum Gasteiger partial charge on any atom is 0.337 e. The fraction of sp³-hybridized carbons (Fsp3) is 0.438. The van der Waals surface area contributed by atoms with Gasteiger partial charge in [-0.2, -0.15) is 0 Å². The van der Waals surface area contributed by atoms with Crippen molar-refractivity contribution in [3.63, 3.8) is 0 Å². The van der Waals surface area contributed by atoms with Gasteiger partial charge >= 0.3 is 5.97 Å². The summed E-state index contributed by atoms with van der Waals surface area (Å²) in [6.07, 6.45) is 4.27. The van der Waals surface area contributed by atoms with Gasteiger partial charge in [0.2, 0.25) is 0 Å². The number of nitrogens with zero attached hydrogens (tertiary/aromatic N) is 1. The van der Waals surface area contributed by atoms with Crippen LogP contribution >= 0.6 is 0 Å². The Hall–Kier alpha value is -1.81. The second kappa shape index (κ2) is 5.67. The van der Waals surface area contributed by atoms with Crippen LogP contribution in [-0.2, 0) is 15.9 Å². The minimum absolute atomic E-state index is 0.269. The molecule has 4 heteroatoms. The molecule has 2 aliphatic rings. The van der Waals surface area contributed by atoms with Crippen LogP contribution in [0, 0.1) is 0 Å². The largest absolute Gasteiger partial charge is 0.465 e. The van der Waals surface area contributed by atoms with Crippen molar-refractivity contribution in [1.29, 1.82) is 0 Å². The number of fused-ring (bicyclic) bond motifs is 1. The van der Waals surface area contributed by atoms with Crippen molar-refractivity contribution >= 4 is 11.7 Å². The predicted molar refractivity (Wildman–Crippen MR) is 77.2 cm³/mol. The second-order valence-electron chi connectivity index (χ2n) is 5.21. The number of rotatable bonds is 3. The van der Waals surface area contributed by atoms with E-state index < -0.39 is 0 Å². The summed E-state index contributed by atoms with van der Waals surface area (Å²) in [6.45, 7) is 3.50. The van der Waals surface area contributed by atoms with Gasteiger partial charge in [0, 0.05) is 18.8 Å². The van der Waals surface area contributed by atoms with Crippen LogP contribution in [0.15, 0.2) is 29.8 Å². The normalized spacial score (nSPS) is 17.6. The minimum atomic E-state index is -0.269. The lowest BCUT2D eigenvalue weighted by molar-refractivity contribution is 0.0600. The number of benzene rings is 1. The molecule has 0 radical (unpaired) electrons. The fourth-order valence-electron chi connectivity index (χ4n) is 2.84. The molecular formula is C16H19NO3. The third-order valence-electron chi connectivity index (χ3n) is 3.87. The average Bonchev–Trinajstić information content (AvgIpc) is 2.90. The highest BCUT2D eigenvalue weighted by molar-refractivity contribution is 5.90. The molecule has 0 N–H and O–H groups in total. The minimum Gasteiger partial charge on any atom is -0.465 e. The molecule has 2 heterocycles. The molecule has 0 spiro atoms. The van der Waals surface area contributed by atoms with Crippen molar-refractivity contribution in [2.45, 2.75) is 12.8 Å². The molecule has 1 aromatic rings. The number of ether oxygens (including phenoxy) is 2. The zero-order valence-electron chi connectivity index (χ0n) is 11.7. The monoisotopic (exact) mass is 273 g/mol. The van der Waals surface area contributed by atoms with Crippen LogP contribution in [-0.4, -0.2) is 39.4 Å². The maximum atomic E-state index is 11.6. The zero-order valence-corrected chi connectivity index (χ0v) is 11.7. The number of esters is 1. The first kappa shape index (κ1) is 13.2. The zero-order chi connectivity index (χ0) is 13.9. The van der Waals surface area contributed by atoms with Crippen LogP contribution in [0.5, 0.6) is 0 Å². The van der Waals surface area contributed by atoms with Crippen molar-refractivity contribution in [1.82, 2.24) is 0 Å². The highest BCUT2D eigenvalue weighted by Gasteiger charge is 2.21. The number of methoxy groups -OCH3 is 1. The Labute approximate surface area is 119 Å². The molecule has 1 aromatic carbocycles. The molecule has 0 saturated heterocycles. The Morgan fingerprint density at radius 2 is 2.35 bits per heavy atom. The third kappa shape index (κ3) is 2.56. The van der Waals surface area contributed by atoms with E-state index in [-0.39, 0.29) is 5.97 Å². The van der Waals surface area contributed by atoms with Crippen LogP contribution in [0.3, 0.4) is 0 Å². The van der Waals surface area contributed by atoms with Crippen molar-refractivity contribution in [2.75, 3.05) is 38.3 Å². The lowest BCUT2D eigenvalue weighted by Gasteiger charge is -2.23. The summed E-state index contributed by atoms with van der Waals surface area (Å²) in [7, 11) is 1.41.